The molecular formula is C22H12B6ClF2N3O4. The fourth-order valence-electron chi connectivity index (χ4n) is 4.35. The molecule has 0 aliphatic carbocycles. The van der Waals surface area contributed by atoms with Crippen LogP contribution in [0.1, 0.15) is 33.5 Å². The van der Waals surface area contributed by atoms with Crippen molar-refractivity contribution in [3.05, 3.63) is 69.7 Å². The zero-order valence-electron chi connectivity index (χ0n) is 19.6. The van der Waals surface area contributed by atoms with Gasteiger partial charge in [-0.3, -0.25) is 24.5 Å². The first kappa shape index (κ1) is 28.1. The van der Waals surface area contributed by atoms with E-state index >= 15 is 0 Å². The zero-order valence-corrected chi connectivity index (χ0v) is 20.3. The molecule has 16 heteroatoms. The van der Waals surface area contributed by atoms with Crippen molar-refractivity contribution >= 4 is 82.4 Å². The van der Waals surface area contributed by atoms with E-state index in [0.29, 0.717) is 0 Å². The van der Waals surface area contributed by atoms with Crippen molar-refractivity contribution in [3.63, 3.8) is 0 Å². The smallest absolute Gasteiger partial charge is 0.348 e. The van der Waals surface area contributed by atoms with Crippen LogP contribution in [0, 0.1) is 0 Å². The number of alkyl halides is 2. The Morgan fingerprint density at radius 2 is 1.61 bits per heavy atom. The van der Waals surface area contributed by atoms with Gasteiger partial charge >= 0.3 is 5.92 Å². The summed E-state index contributed by atoms with van der Waals surface area (Å²) in [6, 6.07) is 7.91. The molecule has 178 valence electrons. The highest BCUT2D eigenvalue weighted by atomic mass is 35.5. The van der Waals surface area contributed by atoms with Gasteiger partial charge in [0, 0.05) is 29.1 Å². The molecule has 0 spiro atoms. The van der Waals surface area contributed by atoms with Gasteiger partial charge in [-0.1, -0.05) is 41.1 Å². The van der Waals surface area contributed by atoms with Gasteiger partial charge in [-0.15, -0.1) is 0 Å². The summed E-state index contributed by atoms with van der Waals surface area (Å²) in [4.78, 5) is 51.1. The second-order valence-corrected chi connectivity index (χ2v) is 9.64. The Hall–Kier alpha value is -2.94. The SMILES string of the molecule is [B]N(C(=O)C(F)(F)c1ccc(Cl)cc1)C([B])([B])c1ccc2c(c1)CN([C@]1([B])C(=O)NC(=O)CC1([B])[B])C2=O. The Labute approximate surface area is 229 Å². The maximum Gasteiger partial charge on any atom is 0.348 e. The minimum Gasteiger partial charge on any atom is -0.398 e. The van der Waals surface area contributed by atoms with Crippen LogP contribution >= 0.6 is 11.6 Å². The van der Waals surface area contributed by atoms with Crippen LogP contribution in [0.5, 0.6) is 0 Å². The molecule has 2 aliphatic heterocycles. The van der Waals surface area contributed by atoms with E-state index in [1.165, 1.54) is 30.3 Å². The molecule has 2 aromatic carbocycles. The van der Waals surface area contributed by atoms with Gasteiger partial charge in [-0.05, 0) is 34.7 Å². The zero-order chi connectivity index (χ0) is 28.4. The lowest BCUT2D eigenvalue weighted by atomic mass is 9.36. The summed E-state index contributed by atoms with van der Waals surface area (Å²) in [5, 5.41) is -2.41. The number of amides is 4. The number of rotatable bonds is 5. The maximum atomic E-state index is 14.9. The van der Waals surface area contributed by atoms with E-state index in [1.807, 2.05) is 5.32 Å². The summed E-state index contributed by atoms with van der Waals surface area (Å²) in [6.45, 7) is -0.341. The Morgan fingerprint density at radius 3 is 2.18 bits per heavy atom. The summed E-state index contributed by atoms with van der Waals surface area (Å²) in [5.74, 6) is -8.64. The lowest BCUT2D eigenvalue weighted by Gasteiger charge is -2.52. The third kappa shape index (κ3) is 4.19. The summed E-state index contributed by atoms with van der Waals surface area (Å²) in [6.07, 6.45) is -0.554. The number of fused-ring (bicyclic) bond motifs is 1. The van der Waals surface area contributed by atoms with Crippen molar-refractivity contribution in [2.75, 3.05) is 0 Å². The lowest BCUT2D eigenvalue weighted by molar-refractivity contribution is -0.155. The monoisotopic (exact) mass is 521 g/mol. The maximum absolute atomic E-state index is 14.9. The van der Waals surface area contributed by atoms with Crippen LogP contribution in [0.3, 0.4) is 0 Å². The molecule has 4 rings (SSSR count). The van der Waals surface area contributed by atoms with E-state index in [0.717, 1.165) is 17.0 Å². The van der Waals surface area contributed by atoms with Gasteiger partial charge in [0.25, 0.3) is 11.8 Å². The first-order valence-electron chi connectivity index (χ1n) is 10.9. The first-order valence-corrected chi connectivity index (χ1v) is 11.3. The Balaban J connectivity index is 1.64. The number of nitrogens with one attached hydrogen (secondary N) is 1. The fourth-order valence-corrected chi connectivity index (χ4v) is 4.47. The van der Waals surface area contributed by atoms with Gasteiger partial charge in [0.2, 0.25) is 19.8 Å². The molecule has 0 unspecified atom stereocenters. The van der Waals surface area contributed by atoms with Gasteiger partial charge in [0.15, 0.2) is 0 Å². The van der Waals surface area contributed by atoms with E-state index in [4.69, 9.17) is 58.8 Å². The predicted molar refractivity (Wildman–Crippen MR) is 138 cm³/mol. The van der Waals surface area contributed by atoms with Crippen molar-refractivity contribution in [1.82, 2.24) is 15.0 Å². The predicted octanol–water partition coefficient (Wildman–Crippen LogP) is -0.188. The molecule has 12 radical (unpaired) electrons. The fraction of sp³-hybridized carbons (Fsp3) is 0.273. The molecule has 2 heterocycles. The quantitative estimate of drug-likeness (QED) is 0.438. The van der Waals surface area contributed by atoms with Crippen molar-refractivity contribution in [2.45, 2.75) is 34.9 Å². The van der Waals surface area contributed by atoms with Crippen molar-refractivity contribution in [1.29, 1.82) is 0 Å². The minimum absolute atomic E-state index is 0.0206. The number of carbonyl (C=O) groups excluding carboxylic acids is 4. The Bertz CT molecular complexity index is 1380. The van der Waals surface area contributed by atoms with Crippen molar-refractivity contribution in [3.8, 4) is 0 Å². The van der Waals surface area contributed by atoms with Crippen molar-refractivity contribution < 1.29 is 28.0 Å². The molecule has 2 aromatic rings. The van der Waals surface area contributed by atoms with Crippen LogP contribution in [0.4, 0.5) is 8.78 Å². The molecule has 0 aromatic heterocycles. The summed E-state index contributed by atoms with van der Waals surface area (Å²) >= 11 is 5.72. The number of hydrogen-bond acceptors (Lipinski definition) is 4. The van der Waals surface area contributed by atoms with Gasteiger partial charge in [0.05, 0.1) is 36.8 Å². The standard InChI is InChI=1S/C22H12B6ClF2N3O4/c23-19(24)8-15(35)32-17(37)21(19,25)33-9-10-7-12(3-6-14(10)16(33)36)22(26,27)34(28)18(38)20(30,31)11-1-4-13(29)5-2-11/h1-7H,8-9H2,(H,32,35,37)/t21-/m1/s1. The molecule has 4 amide bonds. The largest absolute Gasteiger partial charge is 0.398 e. The first-order chi connectivity index (χ1) is 17.4. The number of piperidine rings is 1. The number of carbonyl (C=O) groups is 4. The third-order valence-electron chi connectivity index (χ3n) is 6.65. The second kappa shape index (κ2) is 9.07. The molecule has 1 fully saturated rings. The molecule has 7 nitrogen and oxygen atoms in total. The van der Waals surface area contributed by atoms with E-state index in [1.54, 1.807) is 0 Å². The average Bonchev–Trinajstić information content (AvgIpc) is 3.17. The van der Waals surface area contributed by atoms with Gasteiger partial charge < -0.3 is 9.71 Å². The molecule has 1 atom stereocenters. The van der Waals surface area contributed by atoms with Crippen LogP contribution in [0.2, 0.25) is 10.2 Å². The summed E-state index contributed by atoms with van der Waals surface area (Å²) in [5.41, 5.74) is -2.91. The highest BCUT2D eigenvalue weighted by Gasteiger charge is 2.57. The number of hydrogen-bond donors (Lipinski definition) is 1. The molecular weight excluding hydrogens is 509 g/mol. The highest BCUT2D eigenvalue weighted by Crippen LogP contribution is 2.45. The molecule has 1 saturated heterocycles. The van der Waals surface area contributed by atoms with Gasteiger partial charge in [-0.2, -0.15) is 8.78 Å². The Morgan fingerprint density at radius 1 is 1.03 bits per heavy atom. The molecule has 0 saturated carbocycles. The number of benzene rings is 2. The van der Waals surface area contributed by atoms with Crippen LogP contribution in [-0.4, -0.2) is 86.0 Å². The van der Waals surface area contributed by atoms with E-state index in [9.17, 15) is 28.0 Å². The van der Waals surface area contributed by atoms with Crippen LogP contribution in [-0.2, 0) is 32.2 Å². The normalized spacial score (nSPS) is 21.1. The molecule has 1 N–H and O–H groups in total. The lowest BCUT2D eigenvalue weighted by Crippen LogP contribution is -2.70. The van der Waals surface area contributed by atoms with Gasteiger partial charge in [0.1, 0.15) is 7.85 Å². The number of halogens is 3. The number of imide groups is 1. The summed E-state index contributed by atoms with van der Waals surface area (Å²) < 4.78 is 29.8. The Kier molecular flexibility index (Phi) is 6.70. The minimum atomic E-state index is -4.11. The second-order valence-electron chi connectivity index (χ2n) is 9.21. The molecule has 0 bridgehead atoms. The van der Waals surface area contributed by atoms with Crippen LogP contribution in [0.15, 0.2) is 42.5 Å². The summed E-state index contributed by atoms with van der Waals surface area (Å²) in [7, 11) is 35.9. The third-order valence-corrected chi connectivity index (χ3v) is 6.90. The van der Waals surface area contributed by atoms with E-state index in [-0.39, 0.29) is 33.1 Å². The average molecular weight is 521 g/mol. The topological polar surface area (TPSA) is 86.8 Å². The van der Waals surface area contributed by atoms with Crippen molar-refractivity contribution in [2.24, 2.45) is 0 Å². The van der Waals surface area contributed by atoms with E-state index in [2.05, 4.69) is 0 Å². The molecule has 2 aliphatic rings. The highest BCUT2D eigenvalue weighted by molar-refractivity contribution is 6.52. The van der Waals surface area contributed by atoms with E-state index < -0.39 is 57.5 Å². The van der Waals surface area contributed by atoms with Crippen LogP contribution in [0.25, 0.3) is 0 Å². The number of nitrogens with zero attached hydrogens (tertiary/aromatic N) is 2. The van der Waals surface area contributed by atoms with Crippen LogP contribution < -0.4 is 5.32 Å². The molecule has 38 heavy (non-hydrogen) atoms. The van der Waals surface area contributed by atoms with Gasteiger partial charge in [-0.25, -0.2) is 0 Å².